The summed E-state index contributed by atoms with van der Waals surface area (Å²) in [6.45, 7) is 7.70. The third-order valence-electron chi connectivity index (χ3n) is 4.01. The van der Waals surface area contributed by atoms with Crippen LogP contribution >= 0.6 is 0 Å². The van der Waals surface area contributed by atoms with Crippen LogP contribution in [0.25, 0.3) is 0 Å². The maximum absolute atomic E-state index is 12.9. The summed E-state index contributed by atoms with van der Waals surface area (Å²) in [5.41, 5.74) is 3.27. The second-order valence-electron chi connectivity index (χ2n) is 6.79. The molecule has 0 bridgehead atoms. The number of nitrogens with one attached hydrogen (secondary N) is 2. The molecular formula is C20H26N2O4S. The molecule has 2 rings (SSSR count). The van der Waals surface area contributed by atoms with Crippen LogP contribution in [0.15, 0.2) is 41.3 Å². The number of benzene rings is 2. The predicted octanol–water partition coefficient (Wildman–Crippen LogP) is 3.18. The van der Waals surface area contributed by atoms with E-state index in [0.29, 0.717) is 17.9 Å². The average molecular weight is 391 g/mol. The fourth-order valence-electron chi connectivity index (χ4n) is 2.87. The molecule has 0 unspecified atom stereocenters. The number of aryl methyl sites for hydroxylation is 3. The van der Waals surface area contributed by atoms with Crippen molar-refractivity contribution in [3.63, 3.8) is 0 Å². The van der Waals surface area contributed by atoms with Crippen LogP contribution in [0.5, 0.6) is 0 Å². The summed E-state index contributed by atoms with van der Waals surface area (Å²) < 4.78 is 33.4. The predicted molar refractivity (Wildman–Crippen MR) is 107 cm³/mol. The number of sulfonamides is 1. The van der Waals surface area contributed by atoms with Crippen molar-refractivity contribution in [1.82, 2.24) is 5.32 Å². The third kappa shape index (κ3) is 5.55. The van der Waals surface area contributed by atoms with E-state index in [1.807, 2.05) is 26.8 Å². The monoisotopic (exact) mass is 390 g/mol. The minimum absolute atomic E-state index is 0.0775. The van der Waals surface area contributed by atoms with Gasteiger partial charge < -0.3 is 10.1 Å². The van der Waals surface area contributed by atoms with Crippen molar-refractivity contribution < 1.29 is 17.9 Å². The Morgan fingerprint density at radius 1 is 1.07 bits per heavy atom. The zero-order valence-corrected chi connectivity index (χ0v) is 17.1. The molecule has 0 saturated carbocycles. The van der Waals surface area contributed by atoms with E-state index >= 15 is 0 Å². The first kappa shape index (κ1) is 20.9. The molecule has 0 aliphatic heterocycles. The first-order valence-corrected chi connectivity index (χ1v) is 10.1. The van der Waals surface area contributed by atoms with Gasteiger partial charge in [0.25, 0.3) is 15.9 Å². The largest absolute Gasteiger partial charge is 0.383 e. The molecule has 2 aromatic carbocycles. The Morgan fingerprint density at radius 3 is 2.30 bits per heavy atom. The van der Waals surface area contributed by atoms with E-state index in [-0.39, 0.29) is 22.4 Å². The van der Waals surface area contributed by atoms with Crippen molar-refractivity contribution in [2.24, 2.45) is 0 Å². The maximum atomic E-state index is 12.9. The number of amides is 1. The quantitative estimate of drug-likeness (QED) is 0.760. The van der Waals surface area contributed by atoms with E-state index in [1.54, 1.807) is 38.3 Å². The summed E-state index contributed by atoms with van der Waals surface area (Å²) in [7, 11) is -2.27. The number of methoxy groups -OCH3 is 1. The van der Waals surface area contributed by atoms with Crippen LogP contribution in [0, 0.1) is 20.8 Å². The summed E-state index contributed by atoms with van der Waals surface area (Å²) in [4.78, 5) is 12.5. The van der Waals surface area contributed by atoms with Crippen LogP contribution < -0.4 is 10.0 Å². The summed E-state index contributed by atoms with van der Waals surface area (Å²) >= 11 is 0. The van der Waals surface area contributed by atoms with Gasteiger partial charge in [-0.1, -0.05) is 12.1 Å². The van der Waals surface area contributed by atoms with Gasteiger partial charge in [0.1, 0.15) is 0 Å². The number of rotatable bonds is 7. The van der Waals surface area contributed by atoms with Crippen LogP contribution in [0.3, 0.4) is 0 Å². The minimum atomic E-state index is -3.83. The van der Waals surface area contributed by atoms with Crippen LogP contribution in [-0.2, 0) is 14.8 Å². The third-order valence-corrected chi connectivity index (χ3v) is 5.53. The molecule has 0 heterocycles. The molecule has 1 atom stereocenters. The fourth-order valence-corrected chi connectivity index (χ4v) is 4.19. The SMILES string of the molecule is COC[C@@H](C)NC(=O)c1ccc(C)c(S(=O)(=O)Nc2cc(C)cc(C)c2)c1. The first-order valence-electron chi connectivity index (χ1n) is 8.64. The molecule has 0 saturated heterocycles. The Morgan fingerprint density at radius 2 is 1.70 bits per heavy atom. The molecule has 0 aliphatic carbocycles. The molecule has 6 nitrogen and oxygen atoms in total. The van der Waals surface area contributed by atoms with Crippen molar-refractivity contribution in [1.29, 1.82) is 0 Å². The molecule has 0 spiro atoms. The van der Waals surface area contributed by atoms with Gasteiger partial charge in [-0.3, -0.25) is 9.52 Å². The zero-order chi connectivity index (χ0) is 20.2. The fraction of sp³-hybridized carbons (Fsp3) is 0.350. The molecular weight excluding hydrogens is 364 g/mol. The molecule has 7 heteroatoms. The Balaban J connectivity index is 2.32. The molecule has 0 fully saturated rings. The Bertz CT molecular complexity index is 919. The van der Waals surface area contributed by atoms with E-state index in [1.165, 1.54) is 6.07 Å². The highest BCUT2D eigenvalue weighted by atomic mass is 32.2. The van der Waals surface area contributed by atoms with Crippen molar-refractivity contribution in [2.45, 2.75) is 38.6 Å². The van der Waals surface area contributed by atoms with Gasteiger partial charge in [-0.2, -0.15) is 0 Å². The highest BCUT2D eigenvalue weighted by molar-refractivity contribution is 7.92. The summed E-state index contributed by atoms with van der Waals surface area (Å²) in [6.07, 6.45) is 0. The summed E-state index contributed by atoms with van der Waals surface area (Å²) in [5.74, 6) is -0.345. The lowest BCUT2D eigenvalue weighted by Crippen LogP contribution is -2.35. The van der Waals surface area contributed by atoms with Crippen LogP contribution in [-0.4, -0.2) is 34.1 Å². The number of ether oxygens (including phenoxy) is 1. The summed E-state index contributed by atoms with van der Waals surface area (Å²) in [5, 5.41) is 2.78. The van der Waals surface area contributed by atoms with Gasteiger partial charge in [-0.15, -0.1) is 0 Å². The van der Waals surface area contributed by atoms with E-state index in [2.05, 4.69) is 10.0 Å². The Kier molecular flexibility index (Phi) is 6.62. The van der Waals surface area contributed by atoms with E-state index in [4.69, 9.17) is 4.74 Å². The number of anilines is 1. The average Bonchev–Trinajstić information content (AvgIpc) is 2.53. The summed E-state index contributed by atoms with van der Waals surface area (Å²) in [6, 6.07) is 9.96. The normalized spacial score (nSPS) is 12.5. The molecule has 2 aromatic rings. The lowest BCUT2D eigenvalue weighted by atomic mass is 10.1. The van der Waals surface area contributed by atoms with Crippen molar-refractivity contribution in [3.8, 4) is 0 Å². The van der Waals surface area contributed by atoms with Crippen LogP contribution in [0.2, 0.25) is 0 Å². The van der Waals surface area contributed by atoms with E-state index in [0.717, 1.165) is 11.1 Å². The second kappa shape index (κ2) is 8.54. The molecule has 0 aliphatic rings. The van der Waals surface area contributed by atoms with E-state index in [9.17, 15) is 13.2 Å². The molecule has 27 heavy (non-hydrogen) atoms. The van der Waals surface area contributed by atoms with E-state index < -0.39 is 10.0 Å². The van der Waals surface area contributed by atoms with Gasteiger partial charge >= 0.3 is 0 Å². The van der Waals surface area contributed by atoms with Gasteiger partial charge in [0.05, 0.1) is 11.5 Å². The first-order chi connectivity index (χ1) is 12.6. The van der Waals surface area contributed by atoms with Crippen molar-refractivity contribution in [2.75, 3.05) is 18.4 Å². The number of carbonyl (C=O) groups excluding carboxylic acids is 1. The molecule has 146 valence electrons. The molecule has 1 amide bonds. The van der Waals surface area contributed by atoms with Gasteiger partial charge in [0.15, 0.2) is 0 Å². The topological polar surface area (TPSA) is 84.5 Å². The second-order valence-corrected chi connectivity index (χ2v) is 8.44. The number of hydrogen-bond donors (Lipinski definition) is 2. The van der Waals surface area contributed by atoms with Crippen LogP contribution in [0.4, 0.5) is 5.69 Å². The zero-order valence-electron chi connectivity index (χ0n) is 16.3. The lowest BCUT2D eigenvalue weighted by molar-refractivity contribution is 0.0905. The van der Waals surface area contributed by atoms with Crippen LogP contribution in [0.1, 0.15) is 34.0 Å². The van der Waals surface area contributed by atoms with Crippen molar-refractivity contribution in [3.05, 3.63) is 58.7 Å². The maximum Gasteiger partial charge on any atom is 0.262 e. The minimum Gasteiger partial charge on any atom is -0.383 e. The molecule has 2 N–H and O–H groups in total. The standard InChI is InChI=1S/C20H26N2O4S/c1-13-8-14(2)10-18(9-13)22-27(24,25)19-11-17(7-6-15(19)3)20(23)21-16(4)12-26-5/h6-11,16,22H,12H2,1-5H3,(H,21,23)/t16-/m1/s1. The molecule has 0 radical (unpaired) electrons. The van der Waals surface area contributed by atoms with Gasteiger partial charge in [0, 0.05) is 24.4 Å². The highest BCUT2D eigenvalue weighted by Crippen LogP contribution is 2.22. The van der Waals surface area contributed by atoms with Gasteiger partial charge in [-0.05, 0) is 68.7 Å². The van der Waals surface area contributed by atoms with Crippen molar-refractivity contribution >= 4 is 21.6 Å². The smallest absolute Gasteiger partial charge is 0.262 e. The number of hydrogen-bond acceptors (Lipinski definition) is 4. The highest BCUT2D eigenvalue weighted by Gasteiger charge is 2.20. The van der Waals surface area contributed by atoms with Gasteiger partial charge in [0.2, 0.25) is 0 Å². The van der Waals surface area contributed by atoms with Gasteiger partial charge in [-0.25, -0.2) is 8.42 Å². The Labute approximate surface area is 161 Å². The lowest BCUT2D eigenvalue weighted by Gasteiger charge is -2.15. The molecule has 0 aromatic heterocycles. The Hall–Kier alpha value is -2.38. The number of carbonyl (C=O) groups is 1.